The molecule has 0 spiro atoms. The second-order valence-corrected chi connectivity index (χ2v) is 7.68. The van der Waals surface area contributed by atoms with E-state index in [0.29, 0.717) is 18.8 Å². The van der Waals surface area contributed by atoms with Gasteiger partial charge in [0.25, 0.3) is 11.5 Å². The number of amides is 2. The Morgan fingerprint density at radius 1 is 1.06 bits per heavy atom. The quantitative estimate of drug-likeness (QED) is 0.583. The van der Waals surface area contributed by atoms with Crippen LogP contribution in [-0.4, -0.2) is 26.5 Å². The fraction of sp³-hybridized carbons (Fsp3) is 0.280. The Morgan fingerprint density at radius 3 is 2.50 bits per heavy atom. The molecule has 0 aliphatic heterocycles. The number of anilines is 1. The van der Waals surface area contributed by atoms with E-state index in [1.165, 1.54) is 23.7 Å². The van der Waals surface area contributed by atoms with Crippen molar-refractivity contribution < 1.29 is 9.59 Å². The van der Waals surface area contributed by atoms with Gasteiger partial charge in [-0.2, -0.15) is 5.10 Å². The van der Waals surface area contributed by atoms with Crippen molar-refractivity contribution in [3.63, 3.8) is 0 Å². The van der Waals surface area contributed by atoms with Crippen LogP contribution in [0.3, 0.4) is 0 Å². The van der Waals surface area contributed by atoms with Crippen molar-refractivity contribution in [3.05, 3.63) is 93.9 Å². The predicted molar refractivity (Wildman–Crippen MR) is 124 cm³/mol. The number of rotatable bonds is 8. The van der Waals surface area contributed by atoms with Crippen LogP contribution in [0.25, 0.3) is 0 Å². The van der Waals surface area contributed by atoms with E-state index in [9.17, 15) is 14.4 Å². The summed E-state index contributed by atoms with van der Waals surface area (Å²) in [6.45, 7) is 6.18. The Hall–Kier alpha value is -3.74. The topological polar surface area (TPSA) is 84.3 Å². The molecule has 3 rings (SSSR count). The molecular weight excluding hydrogens is 404 g/mol. The first kappa shape index (κ1) is 22.9. The highest BCUT2D eigenvalue weighted by Gasteiger charge is 2.25. The zero-order valence-electron chi connectivity index (χ0n) is 18.6. The predicted octanol–water partition coefficient (Wildman–Crippen LogP) is 4.02. The molecule has 1 N–H and O–H groups in total. The van der Waals surface area contributed by atoms with E-state index in [-0.39, 0.29) is 29.1 Å². The summed E-state index contributed by atoms with van der Waals surface area (Å²) in [4.78, 5) is 38.8. The third-order valence-electron chi connectivity index (χ3n) is 5.13. The van der Waals surface area contributed by atoms with E-state index in [0.717, 1.165) is 17.5 Å². The van der Waals surface area contributed by atoms with Crippen molar-refractivity contribution in [3.8, 4) is 0 Å². The SMILES string of the molecule is CCCn1nc(C(=O)N(Cc2ccccc2)C(C)c2cccc(NC(C)=O)c2)ccc1=O. The van der Waals surface area contributed by atoms with Gasteiger partial charge in [-0.3, -0.25) is 14.4 Å². The molecule has 1 heterocycles. The third kappa shape index (κ3) is 5.69. The van der Waals surface area contributed by atoms with E-state index in [2.05, 4.69) is 10.4 Å². The Morgan fingerprint density at radius 2 is 1.81 bits per heavy atom. The molecule has 0 bridgehead atoms. The Balaban J connectivity index is 1.98. The van der Waals surface area contributed by atoms with Gasteiger partial charge in [-0.1, -0.05) is 49.4 Å². The lowest BCUT2D eigenvalue weighted by Crippen LogP contribution is -2.35. The average Bonchev–Trinajstić information content (AvgIpc) is 2.78. The van der Waals surface area contributed by atoms with Crippen molar-refractivity contribution in [2.45, 2.75) is 46.3 Å². The average molecular weight is 433 g/mol. The van der Waals surface area contributed by atoms with Gasteiger partial charge in [-0.15, -0.1) is 0 Å². The maximum atomic E-state index is 13.6. The third-order valence-corrected chi connectivity index (χ3v) is 5.13. The van der Waals surface area contributed by atoms with Crippen LogP contribution in [0.15, 0.2) is 71.5 Å². The van der Waals surface area contributed by atoms with Crippen LogP contribution < -0.4 is 10.9 Å². The lowest BCUT2D eigenvalue weighted by molar-refractivity contribution is -0.114. The van der Waals surface area contributed by atoms with Crippen molar-refractivity contribution in [1.82, 2.24) is 14.7 Å². The first-order valence-electron chi connectivity index (χ1n) is 10.7. The summed E-state index contributed by atoms with van der Waals surface area (Å²) in [7, 11) is 0. The summed E-state index contributed by atoms with van der Waals surface area (Å²) in [5.74, 6) is -0.425. The minimum absolute atomic E-state index is 0.158. The van der Waals surface area contributed by atoms with Crippen LogP contribution in [0.1, 0.15) is 54.8 Å². The molecule has 0 radical (unpaired) electrons. The highest BCUT2D eigenvalue weighted by molar-refractivity contribution is 5.92. The zero-order valence-corrected chi connectivity index (χ0v) is 18.6. The molecule has 0 saturated carbocycles. The highest BCUT2D eigenvalue weighted by atomic mass is 16.2. The summed E-state index contributed by atoms with van der Waals surface area (Å²) in [6, 6.07) is 19.7. The first-order valence-corrected chi connectivity index (χ1v) is 10.7. The Bertz CT molecular complexity index is 1140. The number of carbonyl (C=O) groups is 2. The monoisotopic (exact) mass is 432 g/mol. The molecular formula is C25H28N4O3. The minimum Gasteiger partial charge on any atom is -0.326 e. The molecule has 2 amide bonds. The van der Waals surface area contributed by atoms with Crippen LogP contribution >= 0.6 is 0 Å². The molecule has 32 heavy (non-hydrogen) atoms. The largest absolute Gasteiger partial charge is 0.326 e. The van der Waals surface area contributed by atoms with Gasteiger partial charge in [0.15, 0.2) is 0 Å². The van der Waals surface area contributed by atoms with Crippen molar-refractivity contribution in [1.29, 1.82) is 0 Å². The maximum Gasteiger partial charge on any atom is 0.275 e. The molecule has 7 heteroatoms. The normalized spacial score (nSPS) is 11.6. The van der Waals surface area contributed by atoms with E-state index in [1.807, 2.05) is 68.4 Å². The van der Waals surface area contributed by atoms with E-state index >= 15 is 0 Å². The number of aryl methyl sites for hydroxylation is 1. The molecule has 2 aromatic carbocycles. The summed E-state index contributed by atoms with van der Waals surface area (Å²) in [5.41, 5.74) is 2.52. The smallest absolute Gasteiger partial charge is 0.275 e. The maximum absolute atomic E-state index is 13.6. The number of aromatic nitrogens is 2. The van der Waals surface area contributed by atoms with E-state index in [4.69, 9.17) is 0 Å². The summed E-state index contributed by atoms with van der Waals surface area (Å²) in [5, 5.41) is 7.10. The number of carbonyl (C=O) groups excluding carboxylic acids is 2. The summed E-state index contributed by atoms with van der Waals surface area (Å²) < 4.78 is 1.33. The second kappa shape index (κ2) is 10.5. The molecule has 1 unspecified atom stereocenters. The molecule has 1 atom stereocenters. The molecule has 166 valence electrons. The highest BCUT2D eigenvalue weighted by Crippen LogP contribution is 2.26. The fourth-order valence-corrected chi connectivity index (χ4v) is 3.51. The van der Waals surface area contributed by atoms with Gasteiger partial charge >= 0.3 is 0 Å². The van der Waals surface area contributed by atoms with E-state index in [1.54, 1.807) is 4.90 Å². The zero-order chi connectivity index (χ0) is 23.1. The van der Waals surface area contributed by atoms with Crippen molar-refractivity contribution in [2.24, 2.45) is 0 Å². The summed E-state index contributed by atoms with van der Waals surface area (Å²) >= 11 is 0. The van der Waals surface area contributed by atoms with Gasteiger partial charge < -0.3 is 10.2 Å². The Labute approximate surface area is 187 Å². The lowest BCUT2D eigenvalue weighted by atomic mass is 10.0. The van der Waals surface area contributed by atoms with Crippen LogP contribution in [-0.2, 0) is 17.9 Å². The molecule has 0 aliphatic carbocycles. The van der Waals surface area contributed by atoms with Crippen LogP contribution in [0.5, 0.6) is 0 Å². The van der Waals surface area contributed by atoms with Gasteiger partial charge in [0, 0.05) is 31.8 Å². The number of nitrogens with zero attached hydrogens (tertiary/aromatic N) is 3. The molecule has 0 saturated heterocycles. The van der Waals surface area contributed by atoms with Gasteiger partial charge in [-0.25, -0.2) is 4.68 Å². The number of nitrogens with one attached hydrogen (secondary N) is 1. The Kier molecular flexibility index (Phi) is 7.54. The molecule has 3 aromatic rings. The van der Waals surface area contributed by atoms with Crippen LogP contribution in [0.4, 0.5) is 5.69 Å². The first-order chi connectivity index (χ1) is 15.4. The molecule has 0 fully saturated rings. The molecule has 1 aromatic heterocycles. The van der Waals surface area contributed by atoms with Crippen molar-refractivity contribution >= 4 is 17.5 Å². The fourth-order valence-electron chi connectivity index (χ4n) is 3.51. The van der Waals surface area contributed by atoms with Crippen LogP contribution in [0, 0.1) is 0 Å². The number of hydrogen-bond acceptors (Lipinski definition) is 4. The minimum atomic E-state index is -0.301. The van der Waals surface area contributed by atoms with Crippen LogP contribution in [0.2, 0.25) is 0 Å². The summed E-state index contributed by atoms with van der Waals surface area (Å²) in [6.07, 6.45) is 0.741. The van der Waals surface area contributed by atoms with Gasteiger partial charge in [0.2, 0.25) is 5.91 Å². The van der Waals surface area contributed by atoms with Gasteiger partial charge in [0.1, 0.15) is 5.69 Å². The van der Waals surface area contributed by atoms with Gasteiger partial charge in [-0.05, 0) is 42.7 Å². The second-order valence-electron chi connectivity index (χ2n) is 7.68. The van der Waals surface area contributed by atoms with Gasteiger partial charge in [0.05, 0.1) is 6.04 Å². The number of hydrogen-bond donors (Lipinski definition) is 1. The standard InChI is InChI=1S/C25H28N4O3/c1-4-15-29-24(31)14-13-23(27-29)25(32)28(17-20-9-6-5-7-10-20)18(2)21-11-8-12-22(16-21)26-19(3)30/h5-14,16,18H,4,15,17H2,1-3H3,(H,26,30). The molecule has 7 nitrogen and oxygen atoms in total. The van der Waals surface area contributed by atoms with Crippen molar-refractivity contribution in [2.75, 3.05) is 5.32 Å². The molecule has 0 aliphatic rings. The lowest BCUT2D eigenvalue weighted by Gasteiger charge is -2.30. The number of benzene rings is 2. The van der Waals surface area contributed by atoms with E-state index < -0.39 is 0 Å².